The van der Waals surface area contributed by atoms with E-state index in [1.807, 2.05) is 0 Å². The van der Waals surface area contributed by atoms with Gasteiger partial charge in [0, 0.05) is 4.58 Å². The SMILES string of the molecule is CC(SC[Si](C)(C)C)SC[Si](C)(C)C. The van der Waals surface area contributed by atoms with E-state index in [0.29, 0.717) is 0 Å². The Hall–Kier alpha value is 1.13. The Labute approximate surface area is 101 Å². The Morgan fingerprint density at radius 3 is 1.29 bits per heavy atom. The third-order valence-corrected chi connectivity index (χ3v) is 11.5. The van der Waals surface area contributed by atoms with E-state index >= 15 is 0 Å². The first-order valence-electron chi connectivity index (χ1n) is 5.33. The molecular formula is C10H26S2Si2. The molecule has 0 aromatic heterocycles. The largest absolute Gasteiger partial charge is 0.151 e. The van der Waals surface area contributed by atoms with Crippen LogP contribution in [0.2, 0.25) is 39.3 Å². The Morgan fingerprint density at radius 2 is 1.07 bits per heavy atom. The lowest BCUT2D eigenvalue weighted by molar-refractivity contribution is 1.41. The predicted octanol–water partition coefficient (Wildman–Crippen LogP) is 4.55. The normalized spacial score (nSPS) is 13.7. The van der Waals surface area contributed by atoms with Crippen LogP contribution in [0.15, 0.2) is 0 Å². The summed E-state index contributed by atoms with van der Waals surface area (Å²) in [5, 5.41) is 2.82. The molecule has 0 amide bonds. The second-order valence-electron chi connectivity index (χ2n) is 6.31. The maximum Gasteiger partial charge on any atom is 0.0548 e. The maximum atomic E-state index is 2.45. The minimum atomic E-state index is -0.834. The zero-order valence-electron chi connectivity index (χ0n) is 10.8. The van der Waals surface area contributed by atoms with Crippen LogP contribution >= 0.6 is 23.5 Å². The van der Waals surface area contributed by atoms with Crippen molar-refractivity contribution in [2.75, 3.05) is 10.8 Å². The molecule has 0 saturated heterocycles. The molecule has 0 aromatic carbocycles. The van der Waals surface area contributed by atoms with Crippen molar-refractivity contribution < 1.29 is 0 Å². The molecule has 0 aliphatic rings. The molecule has 0 aliphatic carbocycles. The monoisotopic (exact) mass is 266 g/mol. The molecular weight excluding hydrogens is 240 g/mol. The predicted molar refractivity (Wildman–Crippen MR) is 81.1 cm³/mol. The maximum absolute atomic E-state index is 2.45. The third-order valence-electron chi connectivity index (χ3n) is 1.50. The van der Waals surface area contributed by atoms with Gasteiger partial charge in [-0.3, -0.25) is 0 Å². The van der Waals surface area contributed by atoms with E-state index in [1.165, 1.54) is 10.8 Å². The van der Waals surface area contributed by atoms with E-state index in [1.54, 1.807) is 0 Å². The lowest BCUT2D eigenvalue weighted by Crippen LogP contribution is -2.27. The zero-order chi connectivity index (χ0) is 11.4. The quantitative estimate of drug-likeness (QED) is 0.511. The van der Waals surface area contributed by atoms with E-state index in [-0.39, 0.29) is 0 Å². The lowest BCUT2D eigenvalue weighted by Gasteiger charge is -2.21. The molecule has 0 heterocycles. The van der Waals surface area contributed by atoms with Crippen molar-refractivity contribution in [3.63, 3.8) is 0 Å². The van der Waals surface area contributed by atoms with Gasteiger partial charge >= 0.3 is 0 Å². The van der Waals surface area contributed by atoms with Gasteiger partial charge in [0.1, 0.15) is 0 Å². The highest BCUT2D eigenvalue weighted by Gasteiger charge is 2.18. The summed E-state index contributed by atoms with van der Waals surface area (Å²) in [5.74, 6) is 0. The van der Waals surface area contributed by atoms with Crippen LogP contribution in [0.5, 0.6) is 0 Å². The average molecular weight is 267 g/mol. The van der Waals surface area contributed by atoms with E-state index in [9.17, 15) is 0 Å². The molecule has 0 bridgehead atoms. The third kappa shape index (κ3) is 11.2. The fourth-order valence-electron chi connectivity index (χ4n) is 0.783. The molecule has 0 aliphatic heterocycles. The van der Waals surface area contributed by atoms with Crippen molar-refractivity contribution in [1.29, 1.82) is 0 Å². The van der Waals surface area contributed by atoms with Crippen molar-refractivity contribution in [2.24, 2.45) is 0 Å². The van der Waals surface area contributed by atoms with Crippen LogP contribution in [0, 0.1) is 0 Å². The summed E-state index contributed by atoms with van der Waals surface area (Å²) in [4.78, 5) is 0. The first-order chi connectivity index (χ1) is 6.10. The standard InChI is InChI=1S/C10H26S2Si2/c1-10(11-8-13(2,3)4)12-9-14(5,6)7/h10H,8-9H2,1-7H3. The highest BCUT2D eigenvalue weighted by Crippen LogP contribution is 2.27. The summed E-state index contributed by atoms with van der Waals surface area (Å²) in [7, 11) is -1.67. The van der Waals surface area contributed by atoms with Gasteiger partial charge < -0.3 is 0 Å². The molecule has 0 spiro atoms. The van der Waals surface area contributed by atoms with Crippen LogP contribution in [-0.2, 0) is 0 Å². The zero-order valence-corrected chi connectivity index (χ0v) is 14.4. The van der Waals surface area contributed by atoms with Crippen molar-refractivity contribution in [2.45, 2.75) is 50.8 Å². The van der Waals surface area contributed by atoms with Crippen molar-refractivity contribution in [3.05, 3.63) is 0 Å². The Bertz CT molecular complexity index is 140. The molecule has 0 atom stereocenters. The second-order valence-corrected chi connectivity index (χ2v) is 21.2. The molecule has 14 heavy (non-hydrogen) atoms. The van der Waals surface area contributed by atoms with Gasteiger partial charge in [-0.15, -0.1) is 0 Å². The van der Waals surface area contributed by atoms with Gasteiger partial charge in [-0.1, -0.05) is 39.3 Å². The highest BCUT2D eigenvalue weighted by molar-refractivity contribution is 8.18. The van der Waals surface area contributed by atoms with E-state index in [4.69, 9.17) is 0 Å². The molecule has 86 valence electrons. The van der Waals surface area contributed by atoms with Gasteiger partial charge in [-0.05, 0) is 17.7 Å². The summed E-state index contributed by atoms with van der Waals surface area (Å²) in [6, 6.07) is 0. The highest BCUT2D eigenvalue weighted by atomic mass is 32.2. The minimum absolute atomic E-state index is 0.799. The molecule has 0 N–H and O–H groups in total. The van der Waals surface area contributed by atoms with Gasteiger partial charge in [-0.2, -0.15) is 23.5 Å². The molecule has 0 rings (SSSR count). The Morgan fingerprint density at radius 1 is 0.786 bits per heavy atom. The molecule has 4 heteroatoms. The van der Waals surface area contributed by atoms with Gasteiger partial charge in [0.25, 0.3) is 0 Å². The van der Waals surface area contributed by atoms with Crippen LogP contribution in [0.3, 0.4) is 0 Å². The van der Waals surface area contributed by atoms with Crippen LogP contribution < -0.4 is 0 Å². The van der Waals surface area contributed by atoms with E-state index < -0.39 is 16.1 Å². The lowest BCUT2D eigenvalue weighted by atomic mass is 11.0. The fourth-order valence-corrected chi connectivity index (χ4v) is 8.27. The smallest absolute Gasteiger partial charge is 0.0548 e. The summed E-state index contributed by atoms with van der Waals surface area (Å²) in [6.45, 7) is 17.1. The fraction of sp³-hybridized carbons (Fsp3) is 1.00. The van der Waals surface area contributed by atoms with Crippen LogP contribution in [0.4, 0.5) is 0 Å². The number of hydrogen-bond acceptors (Lipinski definition) is 2. The van der Waals surface area contributed by atoms with Crippen molar-refractivity contribution in [3.8, 4) is 0 Å². The first-order valence-corrected chi connectivity index (χ1v) is 14.8. The second kappa shape index (κ2) is 6.01. The molecule has 0 saturated carbocycles. The van der Waals surface area contributed by atoms with Crippen LogP contribution in [-0.4, -0.2) is 31.5 Å². The number of thioether (sulfide) groups is 2. The minimum Gasteiger partial charge on any atom is -0.151 e. The van der Waals surface area contributed by atoms with Crippen molar-refractivity contribution >= 4 is 39.7 Å². The van der Waals surface area contributed by atoms with Crippen LogP contribution in [0.1, 0.15) is 6.92 Å². The molecule has 0 nitrogen and oxygen atoms in total. The summed E-state index contributed by atoms with van der Waals surface area (Å²) < 4.78 is 0.799. The Balaban J connectivity index is 3.62. The Kier molecular flexibility index (Phi) is 6.50. The van der Waals surface area contributed by atoms with Gasteiger partial charge in [-0.25, -0.2) is 0 Å². The average Bonchev–Trinajstić information content (AvgIpc) is 1.94. The van der Waals surface area contributed by atoms with Crippen molar-refractivity contribution in [1.82, 2.24) is 0 Å². The van der Waals surface area contributed by atoms with Gasteiger partial charge in [0.15, 0.2) is 0 Å². The number of rotatable bonds is 6. The molecule has 0 unspecified atom stereocenters. The van der Waals surface area contributed by atoms with Gasteiger partial charge in [0.05, 0.1) is 16.1 Å². The summed E-state index contributed by atoms with van der Waals surface area (Å²) in [6.07, 6.45) is 0. The summed E-state index contributed by atoms with van der Waals surface area (Å²) in [5.41, 5.74) is 0. The molecule has 0 aromatic rings. The number of hydrogen-bond donors (Lipinski definition) is 0. The topological polar surface area (TPSA) is 0 Å². The molecule has 0 fully saturated rings. The van der Waals surface area contributed by atoms with E-state index in [2.05, 4.69) is 69.7 Å². The van der Waals surface area contributed by atoms with E-state index in [0.717, 1.165) is 4.58 Å². The first kappa shape index (κ1) is 15.1. The summed E-state index contributed by atoms with van der Waals surface area (Å²) >= 11 is 4.34. The molecule has 0 radical (unpaired) electrons. The van der Waals surface area contributed by atoms with Crippen LogP contribution in [0.25, 0.3) is 0 Å². The van der Waals surface area contributed by atoms with Gasteiger partial charge in [0.2, 0.25) is 0 Å².